The number of carbonyl (C=O) groups is 2. The number of ether oxygens (including phenoxy) is 1. The molecule has 5 heterocycles. The number of hydrogen-bond acceptors (Lipinski definition) is 9. The Bertz CT molecular complexity index is 1390. The normalized spacial score (nSPS) is 14.5. The summed E-state index contributed by atoms with van der Waals surface area (Å²) < 4.78 is 5.44. The first-order chi connectivity index (χ1) is 16.5. The zero-order chi connectivity index (χ0) is 23.7. The number of ketones is 1. The first kappa shape index (κ1) is 21.8. The van der Waals surface area contributed by atoms with E-state index in [0.717, 1.165) is 16.1 Å². The Labute approximate surface area is 199 Å². The predicted molar refractivity (Wildman–Crippen MR) is 127 cm³/mol. The van der Waals surface area contributed by atoms with Gasteiger partial charge in [-0.15, -0.1) is 0 Å². The molecule has 34 heavy (non-hydrogen) atoms. The summed E-state index contributed by atoms with van der Waals surface area (Å²) in [5, 5.41) is 6.49. The SMILES string of the molecule is COc1cnccc1-c1cc(C)ncc1C(=O)Nc1nc2c(s1)CNC2C(=O)c1cccnc1. The van der Waals surface area contributed by atoms with Gasteiger partial charge in [0.25, 0.3) is 5.91 Å². The van der Waals surface area contributed by atoms with Crippen molar-refractivity contribution in [1.29, 1.82) is 0 Å². The van der Waals surface area contributed by atoms with Crippen LogP contribution in [0.25, 0.3) is 11.1 Å². The number of hydrogen-bond donors (Lipinski definition) is 2. The number of aromatic nitrogens is 4. The van der Waals surface area contributed by atoms with Gasteiger partial charge in [0.2, 0.25) is 0 Å². The quantitative estimate of drug-likeness (QED) is 0.409. The maximum atomic E-state index is 13.3. The van der Waals surface area contributed by atoms with Crippen molar-refractivity contribution in [2.45, 2.75) is 19.5 Å². The van der Waals surface area contributed by atoms with Crippen LogP contribution in [0.3, 0.4) is 0 Å². The summed E-state index contributed by atoms with van der Waals surface area (Å²) in [6.45, 7) is 2.36. The standard InChI is InChI=1S/C24H20N6O3S/c1-13-8-16(15-5-7-26-11-18(15)33-2)17(10-27-13)23(32)30-24-29-20-19(34-24)12-28-21(20)22(31)14-4-3-6-25-9-14/h3-11,21,28H,12H2,1-2H3,(H,29,30,32). The van der Waals surface area contributed by atoms with E-state index in [1.165, 1.54) is 23.7 Å². The van der Waals surface area contributed by atoms with Crippen LogP contribution in [0.2, 0.25) is 0 Å². The van der Waals surface area contributed by atoms with Gasteiger partial charge in [0, 0.05) is 58.6 Å². The molecule has 0 saturated carbocycles. The van der Waals surface area contributed by atoms with Gasteiger partial charge < -0.3 is 4.74 Å². The number of aryl methyl sites for hydroxylation is 1. The number of Topliss-reactive ketones (excluding diaryl/α,β-unsaturated/α-hetero) is 1. The van der Waals surface area contributed by atoms with E-state index >= 15 is 0 Å². The Kier molecular flexibility index (Phi) is 5.83. The van der Waals surface area contributed by atoms with Crippen molar-refractivity contribution in [3.63, 3.8) is 0 Å². The number of thiazole rings is 1. The molecule has 1 unspecified atom stereocenters. The first-order valence-electron chi connectivity index (χ1n) is 10.5. The number of pyridine rings is 3. The zero-order valence-corrected chi connectivity index (χ0v) is 19.2. The fourth-order valence-corrected chi connectivity index (χ4v) is 4.79. The van der Waals surface area contributed by atoms with Crippen LogP contribution in [0.5, 0.6) is 5.75 Å². The molecule has 0 radical (unpaired) electrons. The van der Waals surface area contributed by atoms with Crippen molar-refractivity contribution in [1.82, 2.24) is 25.3 Å². The highest BCUT2D eigenvalue weighted by atomic mass is 32.1. The number of rotatable bonds is 6. The van der Waals surface area contributed by atoms with Gasteiger partial charge in [0.05, 0.1) is 24.6 Å². The van der Waals surface area contributed by atoms with Crippen LogP contribution in [0.15, 0.2) is 55.2 Å². The average Bonchev–Trinajstić information content (AvgIpc) is 3.44. The molecule has 170 valence electrons. The van der Waals surface area contributed by atoms with Gasteiger partial charge in [0.15, 0.2) is 10.9 Å². The molecular weight excluding hydrogens is 452 g/mol. The van der Waals surface area contributed by atoms with E-state index in [1.54, 1.807) is 43.9 Å². The number of nitrogens with one attached hydrogen (secondary N) is 2. The second kappa shape index (κ2) is 9.08. The van der Waals surface area contributed by atoms with Gasteiger partial charge in [0.1, 0.15) is 11.8 Å². The third kappa shape index (κ3) is 4.04. The van der Waals surface area contributed by atoms with E-state index in [2.05, 4.69) is 30.6 Å². The molecule has 0 aromatic carbocycles. The number of methoxy groups -OCH3 is 1. The molecule has 0 aliphatic carbocycles. The predicted octanol–water partition coefficient (Wildman–Crippen LogP) is 3.59. The second-order valence-corrected chi connectivity index (χ2v) is 8.73. The molecule has 0 saturated heterocycles. The van der Waals surface area contributed by atoms with Crippen LogP contribution in [-0.4, -0.2) is 38.7 Å². The lowest BCUT2D eigenvalue weighted by Gasteiger charge is -2.13. The van der Waals surface area contributed by atoms with Crippen LogP contribution in [0, 0.1) is 6.92 Å². The number of nitrogens with zero attached hydrogens (tertiary/aromatic N) is 4. The minimum absolute atomic E-state index is 0.107. The minimum atomic E-state index is -0.571. The Morgan fingerprint density at radius 2 is 2.00 bits per heavy atom. The number of amides is 1. The molecule has 1 amide bonds. The molecule has 2 N–H and O–H groups in total. The zero-order valence-electron chi connectivity index (χ0n) is 18.4. The molecule has 1 aliphatic rings. The topological polar surface area (TPSA) is 119 Å². The number of carbonyl (C=O) groups excluding carboxylic acids is 2. The fraction of sp³-hybridized carbons (Fsp3) is 0.167. The van der Waals surface area contributed by atoms with Crippen molar-refractivity contribution < 1.29 is 14.3 Å². The molecule has 5 rings (SSSR count). The monoisotopic (exact) mass is 472 g/mol. The highest BCUT2D eigenvalue weighted by Gasteiger charge is 2.33. The number of anilines is 1. The molecule has 10 heteroatoms. The lowest BCUT2D eigenvalue weighted by molar-refractivity contribution is 0.0946. The van der Waals surface area contributed by atoms with E-state index in [1.807, 2.05) is 13.0 Å². The van der Waals surface area contributed by atoms with Crippen molar-refractivity contribution >= 4 is 28.2 Å². The lowest BCUT2D eigenvalue weighted by Crippen LogP contribution is -2.23. The van der Waals surface area contributed by atoms with E-state index in [9.17, 15) is 9.59 Å². The Balaban J connectivity index is 1.42. The summed E-state index contributed by atoms with van der Waals surface area (Å²) in [5.74, 6) is 0.0971. The summed E-state index contributed by atoms with van der Waals surface area (Å²) in [5.41, 5.74) is 3.70. The average molecular weight is 473 g/mol. The molecule has 4 aromatic heterocycles. The highest BCUT2D eigenvalue weighted by molar-refractivity contribution is 7.16. The van der Waals surface area contributed by atoms with Crippen molar-refractivity contribution in [2.75, 3.05) is 12.4 Å². The fourth-order valence-electron chi connectivity index (χ4n) is 3.85. The van der Waals surface area contributed by atoms with E-state index in [4.69, 9.17) is 4.74 Å². The first-order valence-corrected chi connectivity index (χ1v) is 11.3. The molecule has 1 aliphatic heterocycles. The van der Waals surface area contributed by atoms with E-state index in [0.29, 0.717) is 39.8 Å². The Morgan fingerprint density at radius 1 is 1.15 bits per heavy atom. The van der Waals surface area contributed by atoms with Crippen LogP contribution >= 0.6 is 11.3 Å². The maximum absolute atomic E-state index is 13.3. The van der Waals surface area contributed by atoms with Gasteiger partial charge in [-0.05, 0) is 31.2 Å². The third-order valence-corrected chi connectivity index (χ3v) is 6.46. The largest absolute Gasteiger partial charge is 0.494 e. The smallest absolute Gasteiger partial charge is 0.259 e. The molecule has 4 aromatic rings. The highest BCUT2D eigenvalue weighted by Crippen LogP contribution is 2.35. The summed E-state index contributed by atoms with van der Waals surface area (Å²) >= 11 is 1.35. The van der Waals surface area contributed by atoms with Crippen LogP contribution < -0.4 is 15.4 Å². The number of fused-ring (bicyclic) bond motifs is 1. The van der Waals surface area contributed by atoms with Crippen molar-refractivity contribution in [3.05, 3.63) is 82.6 Å². The molecule has 0 bridgehead atoms. The van der Waals surface area contributed by atoms with Crippen molar-refractivity contribution in [2.24, 2.45) is 0 Å². The van der Waals surface area contributed by atoms with Gasteiger partial charge in [-0.25, -0.2) is 4.98 Å². The molecule has 0 fully saturated rings. The van der Waals surface area contributed by atoms with Crippen molar-refractivity contribution in [3.8, 4) is 16.9 Å². The van der Waals surface area contributed by atoms with E-state index in [-0.39, 0.29) is 11.7 Å². The summed E-state index contributed by atoms with van der Waals surface area (Å²) in [4.78, 5) is 44.1. The Morgan fingerprint density at radius 3 is 2.79 bits per heavy atom. The molecular formula is C24H20N6O3S. The molecule has 0 spiro atoms. The van der Waals surface area contributed by atoms with Gasteiger partial charge in [-0.3, -0.25) is 35.2 Å². The summed E-state index contributed by atoms with van der Waals surface area (Å²) in [6, 6.07) is 6.51. The van der Waals surface area contributed by atoms with Gasteiger partial charge in [-0.1, -0.05) is 11.3 Å². The molecule has 1 atom stereocenters. The van der Waals surface area contributed by atoms with Crippen LogP contribution in [0.4, 0.5) is 5.13 Å². The summed E-state index contributed by atoms with van der Waals surface area (Å²) in [6.07, 6.45) is 7.95. The third-order valence-electron chi connectivity index (χ3n) is 5.48. The molecule has 9 nitrogen and oxygen atoms in total. The van der Waals surface area contributed by atoms with Gasteiger partial charge in [-0.2, -0.15) is 0 Å². The van der Waals surface area contributed by atoms with E-state index < -0.39 is 6.04 Å². The maximum Gasteiger partial charge on any atom is 0.259 e. The van der Waals surface area contributed by atoms with Gasteiger partial charge >= 0.3 is 0 Å². The van der Waals surface area contributed by atoms with Crippen LogP contribution in [-0.2, 0) is 6.54 Å². The summed E-state index contributed by atoms with van der Waals surface area (Å²) in [7, 11) is 1.56. The minimum Gasteiger partial charge on any atom is -0.494 e. The lowest BCUT2D eigenvalue weighted by atomic mass is 10.0. The Hall–Kier alpha value is -4.02. The van der Waals surface area contributed by atoms with Crippen LogP contribution in [0.1, 0.15) is 43.0 Å². The second-order valence-electron chi connectivity index (χ2n) is 7.65.